The van der Waals surface area contributed by atoms with Crippen LogP contribution in [0.1, 0.15) is 64.1 Å². The van der Waals surface area contributed by atoms with Gasteiger partial charge in [-0.1, -0.05) is 48.5 Å². The average molecular weight is 442 g/mol. The number of anilines is 2. The molecule has 33 heavy (non-hydrogen) atoms. The maximum absolute atomic E-state index is 13.4. The van der Waals surface area contributed by atoms with Gasteiger partial charge in [0.05, 0.1) is 11.6 Å². The molecule has 0 aliphatic carbocycles. The molecular formula is C28H31N3O2. The van der Waals surface area contributed by atoms with E-state index in [-0.39, 0.29) is 17.9 Å². The highest BCUT2D eigenvalue weighted by atomic mass is 16.2. The Kier molecular flexibility index (Phi) is 7.08. The molecule has 3 aromatic carbocycles. The quantitative estimate of drug-likeness (QED) is 0.514. The van der Waals surface area contributed by atoms with Gasteiger partial charge in [-0.2, -0.15) is 0 Å². The SMILES string of the molecule is Cc1ccccc1C(=O)Nc1ccc(N2CCCCC2)c(C(=O)NC(C)c2ccccc2)c1. The fourth-order valence-electron chi connectivity index (χ4n) is 4.33. The van der Waals surface area contributed by atoms with Crippen molar-refractivity contribution in [2.45, 2.75) is 39.2 Å². The lowest BCUT2D eigenvalue weighted by Crippen LogP contribution is -2.33. The summed E-state index contributed by atoms with van der Waals surface area (Å²) in [6, 6.07) is 22.9. The Morgan fingerprint density at radius 2 is 1.52 bits per heavy atom. The topological polar surface area (TPSA) is 61.4 Å². The Morgan fingerprint density at radius 1 is 0.818 bits per heavy atom. The Morgan fingerprint density at radius 3 is 2.24 bits per heavy atom. The van der Waals surface area contributed by atoms with Crippen LogP contribution in [0.3, 0.4) is 0 Å². The van der Waals surface area contributed by atoms with Crippen molar-refractivity contribution in [3.05, 3.63) is 95.1 Å². The second-order valence-electron chi connectivity index (χ2n) is 8.65. The standard InChI is InChI=1S/C28H31N3O2/c1-20-11-7-8-14-24(20)27(32)30-23-15-16-26(31-17-9-4-10-18-31)25(19-23)28(33)29-21(2)22-12-5-3-6-13-22/h3,5-8,11-16,19,21H,4,9-10,17-18H2,1-2H3,(H,29,33)(H,30,32). The van der Waals surface area contributed by atoms with Crippen molar-refractivity contribution in [2.75, 3.05) is 23.3 Å². The first kappa shape index (κ1) is 22.6. The second-order valence-corrected chi connectivity index (χ2v) is 8.65. The van der Waals surface area contributed by atoms with E-state index < -0.39 is 0 Å². The Balaban J connectivity index is 1.61. The zero-order valence-corrected chi connectivity index (χ0v) is 19.3. The van der Waals surface area contributed by atoms with Gasteiger partial charge in [-0.05, 0) is 68.5 Å². The lowest BCUT2D eigenvalue weighted by Gasteiger charge is -2.31. The van der Waals surface area contributed by atoms with Gasteiger partial charge in [0.1, 0.15) is 0 Å². The molecule has 5 nitrogen and oxygen atoms in total. The van der Waals surface area contributed by atoms with Crippen molar-refractivity contribution in [1.82, 2.24) is 5.32 Å². The van der Waals surface area contributed by atoms with Crippen molar-refractivity contribution < 1.29 is 9.59 Å². The summed E-state index contributed by atoms with van der Waals surface area (Å²) in [5, 5.41) is 6.11. The van der Waals surface area contributed by atoms with E-state index in [2.05, 4.69) is 15.5 Å². The first-order valence-electron chi connectivity index (χ1n) is 11.6. The van der Waals surface area contributed by atoms with Gasteiger partial charge in [0.2, 0.25) is 0 Å². The molecule has 5 heteroatoms. The Labute approximate surface area is 195 Å². The van der Waals surface area contributed by atoms with Crippen LogP contribution < -0.4 is 15.5 Å². The maximum Gasteiger partial charge on any atom is 0.255 e. The minimum absolute atomic E-state index is 0.127. The smallest absolute Gasteiger partial charge is 0.255 e. The van der Waals surface area contributed by atoms with Crippen molar-refractivity contribution in [3.63, 3.8) is 0 Å². The number of rotatable bonds is 6. The molecule has 1 saturated heterocycles. The zero-order chi connectivity index (χ0) is 23.2. The van der Waals surface area contributed by atoms with Crippen LogP contribution in [0, 0.1) is 6.92 Å². The molecular weight excluding hydrogens is 410 g/mol. The highest BCUT2D eigenvalue weighted by Crippen LogP contribution is 2.28. The molecule has 3 aromatic rings. The van der Waals surface area contributed by atoms with Crippen LogP contribution >= 0.6 is 0 Å². The summed E-state index contributed by atoms with van der Waals surface area (Å²) in [5.41, 5.74) is 4.70. The molecule has 0 radical (unpaired) electrons. The zero-order valence-electron chi connectivity index (χ0n) is 19.3. The van der Waals surface area contributed by atoms with E-state index in [0.29, 0.717) is 16.8 Å². The van der Waals surface area contributed by atoms with Crippen LogP contribution in [0.2, 0.25) is 0 Å². The number of piperidine rings is 1. The molecule has 0 bridgehead atoms. The fourth-order valence-corrected chi connectivity index (χ4v) is 4.33. The normalized spacial score (nSPS) is 14.4. The summed E-state index contributed by atoms with van der Waals surface area (Å²) >= 11 is 0. The number of carbonyl (C=O) groups is 2. The molecule has 1 heterocycles. The molecule has 1 fully saturated rings. The second kappa shape index (κ2) is 10.3. The number of benzene rings is 3. The van der Waals surface area contributed by atoms with Crippen LogP contribution in [-0.2, 0) is 0 Å². The number of aryl methyl sites for hydroxylation is 1. The van der Waals surface area contributed by atoms with E-state index >= 15 is 0 Å². The van der Waals surface area contributed by atoms with Crippen LogP contribution in [0.4, 0.5) is 11.4 Å². The number of hydrogen-bond acceptors (Lipinski definition) is 3. The lowest BCUT2D eigenvalue weighted by atomic mass is 10.0. The molecule has 0 saturated carbocycles. The van der Waals surface area contributed by atoms with Crippen molar-refractivity contribution in [2.24, 2.45) is 0 Å². The molecule has 170 valence electrons. The van der Waals surface area contributed by atoms with Crippen molar-refractivity contribution in [3.8, 4) is 0 Å². The highest BCUT2D eigenvalue weighted by Gasteiger charge is 2.21. The number of amides is 2. The number of carbonyl (C=O) groups excluding carboxylic acids is 2. The van der Waals surface area contributed by atoms with Crippen molar-refractivity contribution >= 4 is 23.2 Å². The van der Waals surface area contributed by atoms with Crippen LogP contribution in [0.15, 0.2) is 72.8 Å². The van der Waals surface area contributed by atoms with Gasteiger partial charge in [-0.25, -0.2) is 0 Å². The molecule has 2 amide bonds. The van der Waals surface area contributed by atoms with E-state index in [4.69, 9.17) is 0 Å². The molecule has 1 atom stereocenters. The van der Waals surface area contributed by atoms with Crippen molar-refractivity contribution in [1.29, 1.82) is 0 Å². The minimum Gasteiger partial charge on any atom is -0.371 e. The number of nitrogens with one attached hydrogen (secondary N) is 2. The average Bonchev–Trinajstić information content (AvgIpc) is 2.85. The van der Waals surface area contributed by atoms with Gasteiger partial charge >= 0.3 is 0 Å². The van der Waals surface area contributed by atoms with E-state index in [1.807, 2.05) is 80.6 Å². The summed E-state index contributed by atoms with van der Waals surface area (Å²) in [6.45, 7) is 5.77. The minimum atomic E-state index is -0.178. The first-order chi connectivity index (χ1) is 16.0. The molecule has 0 spiro atoms. The lowest BCUT2D eigenvalue weighted by molar-refractivity contribution is 0.0939. The van der Waals surface area contributed by atoms with Gasteiger partial charge in [0.25, 0.3) is 11.8 Å². The Bertz CT molecular complexity index is 1120. The van der Waals surface area contributed by atoms with Gasteiger partial charge in [-0.3, -0.25) is 9.59 Å². The third-order valence-corrected chi connectivity index (χ3v) is 6.23. The van der Waals surface area contributed by atoms with Gasteiger partial charge in [-0.15, -0.1) is 0 Å². The molecule has 1 unspecified atom stereocenters. The molecule has 1 aliphatic heterocycles. The molecule has 0 aromatic heterocycles. The van der Waals surface area contributed by atoms with Gasteiger partial charge in [0, 0.05) is 30.0 Å². The van der Waals surface area contributed by atoms with E-state index in [9.17, 15) is 9.59 Å². The molecule has 1 aliphatic rings. The van der Waals surface area contributed by atoms with E-state index in [0.717, 1.165) is 42.7 Å². The molecule has 4 rings (SSSR count). The third-order valence-electron chi connectivity index (χ3n) is 6.23. The van der Waals surface area contributed by atoms with Gasteiger partial charge < -0.3 is 15.5 Å². The predicted molar refractivity (Wildman–Crippen MR) is 134 cm³/mol. The Hall–Kier alpha value is -3.60. The monoisotopic (exact) mass is 441 g/mol. The highest BCUT2D eigenvalue weighted by molar-refractivity contribution is 6.07. The summed E-state index contributed by atoms with van der Waals surface area (Å²) in [4.78, 5) is 28.5. The molecule has 2 N–H and O–H groups in total. The summed E-state index contributed by atoms with van der Waals surface area (Å²) < 4.78 is 0. The first-order valence-corrected chi connectivity index (χ1v) is 11.6. The number of nitrogens with zero attached hydrogens (tertiary/aromatic N) is 1. The van der Waals surface area contributed by atoms with Crippen LogP contribution in [0.25, 0.3) is 0 Å². The third kappa shape index (κ3) is 5.43. The summed E-state index contributed by atoms with van der Waals surface area (Å²) in [5.74, 6) is -0.318. The summed E-state index contributed by atoms with van der Waals surface area (Å²) in [7, 11) is 0. The van der Waals surface area contributed by atoms with Crippen LogP contribution in [0.5, 0.6) is 0 Å². The maximum atomic E-state index is 13.4. The van der Waals surface area contributed by atoms with E-state index in [1.165, 1.54) is 6.42 Å². The summed E-state index contributed by atoms with van der Waals surface area (Å²) in [6.07, 6.45) is 3.45. The largest absolute Gasteiger partial charge is 0.371 e. The van der Waals surface area contributed by atoms with Gasteiger partial charge in [0.15, 0.2) is 0 Å². The van der Waals surface area contributed by atoms with Crippen LogP contribution in [-0.4, -0.2) is 24.9 Å². The fraction of sp³-hybridized carbons (Fsp3) is 0.286. The number of hydrogen-bond donors (Lipinski definition) is 2. The van der Waals surface area contributed by atoms with E-state index in [1.54, 1.807) is 6.07 Å². The predicted octanol–water partition coefficient (Wildman–Crippen LogP) is 5.73.